The molecule has 1 aromatic heterocycles. The minimum atomic E-state index is -0.0931. The molecule has 0 aliphatic carbocycles. The Hall–Kier alpha value is -2.34. The third kappa shape index (κ3) is 6.23. The molecule has 0 bridgehead atoms. The summed E-state index contributed by atoms with van der Waals surface area (Å²) in [5, 5.41) is 9.46. The van der Waals surface area contributed by atoms with Gasteiger partial charge in [-0.2, -0.15) is 11.3 Å². The Morgan fingerprint density at radius 1 is 1.20 bits per heavy atom. The maximum atomic E-state index is 12.0. The molecule has 0 aliphatic heterocycles. The number of hydrogen-bond donors (Lipinski definition) is 2. The SMILES string of the molecule is CCOc1ccc(C(C)NC(=O)CCCNC(=O)c2ccsc2)cc1. The van der Waals surface area contributed by atoms with E-state index in [9.17, 15) is 9.59 Å². The molecule has 25 heavy (non-hydrogen) atoms. The smallest absolute Gasteiger partial charge is 0.252 e. The molecule has 2 N–H and O–H groups in total. The average molecular weight is 360 g/mol. The van der Waals surface area contributed by atoms with E-state index in [0.717, 1.165) is 11.3 Å². The lowest BCUT2D eigenvalue weighted by Gasteiger charge is -2.15. The van der Waals surface area contributed by atoms with Gasteiger partial charge in [0.25, 0.3) is 5.91 Å². The minimum absolute atomic E-state index is 0.0221. The summed E-state index contributed by atoms with van der Waals surface area (Å²) < 4.78 is 5.41. The van der Waals surface area contributed by atoms with Gasteiger partial charge in [0, 0.05) is 23.9 Å². The molecule has 1 atom stereocenters. The first-order valence-corrected chi connectivity index (χ1v) is 9.37. The van der Waals surface area contributed by atoms with Gasteiger partial charge < -0.3 is 15.4 Å². The zero-order valence-electron chi connectivity index (χ0n) is 14.6. The van der Waals surface area contributed by atoms with Crippen molar-refractivity contribution in [3.05, 3.63) is 52.2 Å². The van der Waals surface area contributed by atoms with E-state index in [1.54, 1.807) is 11.4 Å². The zero-order chi connectivity index (χ0) is 18.1. The van der Waals surface area contributed by atoms with Crippen LogP contribution in [-0.2, 0) is 4.79 Å². The van der Waals surface area contributed by atoms with Gasteiger partial charge in [0.05, 0.1) is 12.6 Å². The minimum Gasteiger partial charge on any atom is -0.494 e. The molecule has 1 unspecified atom stereocenters. The van der Waals surface area contributed by atoms with Crippen LogP contribution in [0.5, 0.6) is 5.75 Å². The van der Waals surface area contributed by atoms with E-state index < -0.39 is 0 Å². The standard InChI is InChI=1S/C19H24N2O3S/c1-3-24-17-8-6-15(7-9-17)14(2)21-18(22)5-4-11-20-19(23)16-10-12-25-13-16/h6-10,12-14H,3-5,11H2,1-2H3,(H,20,23)(H,21,22). The Morgan fingerprint density at radius 3 is 2.60 bits per heavy atom. The van der Waals surface area contributed by atoms with Crippen LogP contribution < -0.4 is 15.4 Å². The number of hydrogen-bond acceptors (Lipinski definition) is 4. The zero-order valence-corrected chi connectivity index (χ0v) is 15.4. The fourth-order valence-corrected chi connectivity index (χ4v) is 3.00. The molecule has 1 heterocycles. The highest BCUT2D eigenvalue weighted by Gasteiger charge is 2.10. The van der Waals surface area contributed by atoms with Crippen molar-refractivity contribution in [1.82, 2.24) is 10.6 Å². The van der Waals surface area contributed by atoms with Crippen molar-refractivity contribution in [1.29, 1.82) is 0 Å². The summed E-state index contributed by atoms with van der Waals surface area (Å²) in [7, 11) is 0. The third-order valence-electron chi connectivity index (χ3n) is 3.72. The number of carbonyl (C=O) groups is 2. The van der Waals surface area contributed by atoms with Crippen LogP contribution in [0.15, 0.2) is 41.1 Å². The first-order chi connectivity index (χ1) is 12.1. The van der Waals surface area contributed by atoms with Gasteiger partial charge in [-0.25, -0.2) is 0 Å². The van der Waals surface area contributed by atoms with Crippen LogP contribution in [0.3, 0.4) is 0 Å². The van der Waals surface area contributed by atoms with Crippen LogP contribution >= 0.6 is 11.3 Å². The van der Waals surface area contributed by atoms with Gasteiger partial charge in [-0.1, -0.05) is 12.1 Å². The Balaban J connectivity index is 1.68. The predicted molar refractivity (Wildman–Crippen MR) is 100 cm³/mol. The summed E-state index contributed by atoms with van der Waals surface area (Å²) in [5.74, 6) is 0.710. The predicted octanol–water partition coefficient (Wildman–Crippen LogP) is 3.53. The highest BCUT2D eigenvalue weighted by molar-refractivity contribution is 7.08. The Bertz CT molecular complexity index is 668. The molecular formula is C19H24N2O3S. The van der Waals surface area contributed by atoms with Gasteiger partial charge in [0.2, 0.25) is 5.91 Å². The molecule has 2 aromatic rings. The average Bonchev–Trinajstić information content (AvgIpc) is 3.14. The van der Waals surface area contributed by atoms with Crippen LogP contribution in [0.25, 0.3) is 0 Å². The van der Waals surface area contributed by atoms with E-state index >= 15 is 0 Å². The van der Waals surface area contributed by atoms with E-state index in [1.807, 2.05) is 43.5 Å². The van der Waals surface area contributed by atoms with Crippen LogP contribution in [0.1, 0.15) is 48.7 Å². The lowest BCUT2D eigenvalue weighted by Crippen LogP contribution is -2.28. The second-order valence-electron chi connectivity index (χ2n) is 5.66. The van der Waals surface area contributed by atoms with Crippen molar-refractivity contribution in [3.8, 4) is 5.75 Å². The highest BCUT2D eigenvalue weighted by atomic mass is 32.1. The maximum absolute atomic E-state index is 12.0. The van der Waals surface area contributed by atoms with Crippen LogP contribution in [0, 0.1) is 0 Å². The van der Waals surface area contributed by atoms with E-state index in [-0.39, 0.29) is 17.9 Å². The van der Waals surface area contributed by atoms with Crippen LogP contribution in [-0.4, -0.2) is 25.0 Å². The van der Waals surface area contributed by atoms with Gasteiger partial charge in [-0.15, -0.1) is 0 Å². The lowest BCUT2D eigenvalue weighted by molar-refractivity contribution is -0.121. The summed E-state index contributed by atoms with van der Waals surface area (Å²) in [6.07, 6.45) is 0.989. The van der Waals surface area contributed by atoms with Crippen molar-refractivity contribution in [2.24, 2.45) is 0 Å². The fraction of sp³-hybridized carbons (Fsp3) is 0.368. The number of amides is 2. The lowest BCUT2D eigenvalue weighted by atomic mass is 10.1. The number of nitrogens with one attached hydrogen (secondary N) is 2. The second-order valence-corrected chi connectivity index (χ2v) is 6.44. The molecule has 5 nitrogen and oxygen atoms in total. The Kier molecular flexibility index (Phi) is 7.47. The van der Waals surface area contributed by atoms with Crippen LogP contribution in [0.2, 0.25) is 0 Å². The quantitative estimate of drug-likeness (QED) is 0.672. The summed E-state index contributed by atoms with van der Waals surface area (Å²) in [6, 6.07) is 9.44. The normalized spacial score (nSPS) is 11.6. The molecular weight excluding hydrogens is 336 g/mol. The Labute approximate surface area is 152 Å². The molecule has 6 heteroatoms. The van der Waals surface area contributed by atoms with Crippen molar-refractivity contribution in [2.45, 2.75) is 32.7 Å². The summed E-state index contributed by atoms with van der Waals surface area (Å²) in [5.41, 5.74) is 1.70. The molecule has 0 spiro atoms. The van der Waals surface area contributed by atoms with Gasteiger partial charge in [-0.05, 0) is 49.4 Å². The van der Waals surface area contributed by atoms with Gasteiger partial charge in [0.1, 0.15) is 5.75 Å². The van der Waals surface area contributed by atoms with E-state index in [1.165, 1.54) is 11.3 Å². The monoisotopic (exact) mass is 360 g/mol. The molecule has 1 aromatic carbocycles. The van der Waals surface area contributed by atoms with Crippen molar-refractivity contribution >= 4 is 23.2 Å². The van der Waals surface area contributed by atoms with E-state index in [4.69, 9.17) is 4.74 Å². The Morgan fingerprint density at radius 2 is 1.96 bits per heavy atom. The van der Waals surface area contributed by atoms with Gasteiger partial charge >= 0.3 is 0 Å². The fourth-order valence-electron chi connectivity index (χ4n) is 2.36. The number of thiophene rings is 1. The molecule has 0 radical (unpaired) electrons. The number of carbonyl (C=O) groups excluding carboxylic acids is 2. The molecule has 0 aliphatic rings. The maximum Gasteiger partial charge on any atom is 0.252 e. The number of ether oxygens (including phenoxy) is 1. The molecule has 2 amide bonds. The first kappa shape index (κ1) is 19.0. The summed E-state index contributed by atoms with van der Waals surface area (Å²) >= 11 is 1.49. The first-order valence-electron chi connectivity index (χ1n) is 8.42. The molecule has 134 valence electrons. The van der Waals surface area contributed by atoms with Crippen molar-refractivity contribution in [3.63, 3.8) is 0 Å². The summed E-state index contributed by atoms with van der Waals surface area (Å²) in [6.45, 7) is 5.01. The molecule has 0 fully saturated rings. The topological polar surface area (TPSA) is 67.4 Å². The van der Waals surface area contributed by atoms with E-state index in [2.05, 4.69) is 10.6 Å². The number of benzene rings is 1. The van der Waals surface area contributed by atoms with E-state index in [0.29, 0.717) is 31.6 Å². The van der Waals surface area contributed by atoms with Crippen LogP contribution in [0.4, 0.5) is 0 Å². The molecule has 2 rings (SSSR count). The molecule has 0 saturated carbocycles. The van der Waals surface area contributed by atoms with Gasteiger partial charge in [-0.3, -0.25) is 9.59 Å². The number of rotatable bonds is 9. The molecule has 0 saturated heterocycles. The largest absolute Gasteiger partial charge is 0.494 e. The second kappa shape index (κ2) is 9.84. The van der Waals surface area contributed by atoms with Crippen molar-refractivity contribution < 1.29 is 14.3 Å². The van der Waals surface area contributed by atoms with Gasteiger partial charge in [0.15, 0.2) is 0 Å². The highest BCUT2D eigenvalue weighted by Crippen LogP contribution is 2.17. The third-order valence-corrected chi connectivity index (χ3v) is 4.40. The summed E-state index contributed by atoms with van der Waals surface area (Å²) in [4.78, 5) is 23.8. The van der Waals surface area contributed by atoms with Crippen molar-refractivity contribution in [2.75, 3.05) is 13.2 Å².